The lowest BCUT2D eigenvalue weighted by molar-refractivity contribution is -0.125. The molecule has 3 aromatic rings. The van der Waals surface area contributed by atoms with Crippen molar-refractivity contribution >= 4 is 40.1 Å². The quantitative estimate of drug-likeness (QED) is 0.417. The van der Waals surface area contributed by atoms with E-state index in [2.05, 4.69) is 13.0 Å². The summed E-state index contributed by atoms with van der Waals surface area (Å²) in [5, 5.41) is 2.78. The monoisotopic (exact) mass is 416 g/mol. The standard InChI is InChI=1S/C21H21ClN2OS2/c1-11-5-6-13(22)7-12(11)8-17-24-19-15(26-17)9-14-20(19)27-18(23-14)10-16(25)21(2,3)4/h5-7H,8-10H2,1-4H3. The van der Waals surface area contributed by atoms with Gasteiger partial charge in [-0.05, 0) is 30.2 Å². The number of fused-ring (bicyclic) bond motifs is 3. The van der Waals surface area contributed by atoms with Crippen LogP contribution in [0.1, 0.15) is 52.5 Å². The highest BCUT2D eigenvalue weighted by molar-refractivity contribution is 7.17. The molecular formula is C21H21ClN2OS2. The van der Waals surface area contributed by atoms with E-state index in [0.29, 0.717) is 6.42 Å². The minimum absolute atomic E-state index is 0.227. The van der Waals surface area contributed by atoms with Crippen LogP contribution in [0.3, 0.4) is 0 Å². The van der Waals surface area contributed by atoms with E-state index < -0.39 is 0 Å². The van der Waals surface area contributed by atoms with Crippen LogP contribution in [0.15, 0.2) is 18.2 Å². The van der Waals surface area contributed by atoms with Crippen LogP contribution in [-0.2, 0) is 24.1 Å². The number of hydrogen-bond donors (Lipinski definition) is 0. The van der Waals surface area contributed by atoms with Gasteiger partial charge in [-0.1, -0.05) is 38.4 Å². The molecule has 0 fully saturated rings. The maximum Gasteiger partial charge on any atom is 0.144 e. The molecule has 0 spiro atoms. The number of carbonyl (C=O) groups excluding carboxylic acids is 1. The van der Waals surface area contributed by atoms with Crippen molar-refractivity contribution in [3.05, 3.63) is 54.9 Å². The predicted molar refractivity (Wildman–Crippen MR) is 113 cm³/mol. The lowest BCUT2D eigenvalue weighted by Crippen LogP contribution is -2.22. The molecule has 0 unspecified atom stereocenters. The third kappa shape index (κ3) is 3.73. The van der Waals surface area contributed by atoms with Crippen molar-refractivity contribution in [3.63, 3.8) is 0 Å². The van der Waals surface area contributed by atoms with Crippen LogP contribution in [0.5, 0.6) is 0 Å². The Bertz CT molecular complexity index is 1040. The lowest BCUT2D eigenvalue weighted by Gasteiger charge is -2.15. The molecule has 27 heavy (non-hydrogen) atoms. The summed E-state index contributed by atoms with van der Waals surface area (Å²) >= 11 is 9.54. The summed E-state index contributed by atoms with van der Waals surface area (Å²) in [4.78, 5) is 24.4. The zero-order chi connectivity index (χ0) is 19.3. The first kappa shape index (κ1) is 18.8. The Morgan fingerprint density at radius 1 is 1.19 bits per heavy atom. The van der Waals surface area contributed by atoms with Crippen molar-refractivity contribution in [1.82, 2.24) is 9.97 Å². The third-order valence-electron chi connectivity index (χ3n) is 4.83. The Balaban J connectivity index is 1.57. The smallest absolute Gasteiger partial charge is 0.144 e. The normalized spacial score (nSPS) is 12.9. The van der Waals surface area contributed by atoms with Gasteiger partial charge in [0.25, 0.3) is 0 Å². The van der Waals surface area contributed by atoms with Crippen molar-refractivity contribution in [3.8, 4) is 10.6 Å². The predicted octanol–water partition coefficient (Wildman–Crippen LogP) is 5.88. The Hall–Kier alpha value is -1.56. The van der Waals surface area contributed by atoms with Gasteiger partial charge in [-0.25, -0.2) is 9.97 Å². The summed E-state index contributed by atoms with van der Waals surface area (Å²) in [6.45, 7) is 7.98. The summed E-state index contributed by atoms with van der Waals surface area (Å²) < 4.78 is 0. The highest BCUT2D eigenvalue weighted by Gasteiger charge is 2.29. The Labute approximate surface area is 172 Å². The Morgan fingerprint density at radius 3 is 2.70 bits per heavy atom. The average Bonchev–Trinajstić information content (AvgIpc) is 3.20. The first-order valence-electron chi connectivity index (χ1n) is 8.96. The number of carbonyl (C=O) groups is 1. The number of Topliss-reactive ketones (excluding diaryl/α,β-unsaturated/α-hetero) is 1. The minimum Gasteiger partial charge on any atom is -0.299 e. The van der Waals surface area contributed by atoms with E-state index in [1.54, 1.807) is 22.7 Å². The van der Waals surface area contributed by atoms with Gasteiger partial charge >= 0.3 is 0 Å². The molecule has 0 N–H and O–H groups in total. The first-order valence-corrected chi connectivity index (χ1v) is 11.0. The van der Waals surface area contributed by atoms with Crippen molar-refractivity contribution in [2.45, 2.75) is 47.0 Å². The van der Waals surface area contributed by atoms with Crippen molar-refractivity contribution in [2.24, 2.45) is 5.41 Å². The van der Waals surface area contributed by atoms with Crippen molar-refractivity contribution in [1.29, 1.82) is 0 Å². The van der Waals surface area contributed by atoms with Crippen LogP contribution in [0.4, 0.5) is 0 Å². The summed E-state index contributed by atoms with van der Waals surface area (Å²) in [6.07, 6.45) is 2.04. The zero-order valence-corrected chi connectivity index (χ0v) is 18.2. The van der Waals surface area contributed by atoms with Gasteiger partial charge in [0.1, 0.15) is 10.8 Å². The van der Waals surface area contributed by atoms with Gasteiger partial charge in [-0.3, -0.25) is 4.79 Å². The lowest BCUT2D eigenvalue weighted by atomic mass is 9.89. The molecule has 140 valence electrons. The molecule has 0 bridgehead atoms. The van der Waals surface area contributed by atoms with Crippen molar-refractivity contribution in [2.75, 3.05) is 0 Å². The van der Waals surface area contributed by atoms with Crippen LogP contribution in [-0.4, -0.2) is 15.8 Å². The van der Waals surface area contributed by atoms with Gasteiger partial charge in [-0.15, -0.1) is 22.7 Å². The fourth-order valence-electron chi connectivity index (χ4n) is 3.10. The molecule has 6 heteroatoms. The van der Waals surface area contributed by atoms with Crippen LogP contribution in [0, 0.1) is 12.3 Å². The molecule has 0 saturated carbocycles. The molecular weight excluding hydrogens is 396 g/mol. The van der Waals surface area contributed by atoms with E-state index >= 15 is 0 Å². The molecule has 0 atom stereocenters. The summed E-state index contributed by atoms with van der Waals surface area (Å²) in [6, 6.07) is 6.00. The largest absolute Gasteiger partial charge is 0.299 e. The fourth-order valence-corrected chi connectivity index (χ4v) is 5.56. The molecule has 0 aliphatic heterocycles. The second-order valence-electron chi connectivity index (χ2n) is 8.04. The van der Waals surface area contributed by atoms with Gasteiger partial charge in [0.05, 0.1) is 27.7 Å². The minimum atomic E-state index is -0.329. The highest BCUT2D eigenvalue weighted by atomic mass is 35.5. The summed E-state index contributed by atoms with van der Waals surface area (Å²) in [5.74, 6) is 0.227. The number of halogens is 1. The van der Waals surface area contributed by atoms with Crippen LogP contribution < -0.4 is 0 Å². The van der Waals surface area contributed by atoms with E-state index in [4.69, 9.17) is 21.6 Å². The second kappa shape index (κ2) is 6.80. The number of rotatable bonds is 4. The molecule has 1 aliphatic carbocycles. The van der Waals surface area contributed by atoms with Crippen LogP contribution in [0.25, 0.3) is 10.6 Å². The van der Waals surface area contributed by atoms with Crippen LogP contribution >= 0.6 is 34.3 Å². The third-order valence-corrected chi connectivity index (χ3v) is 7.22. The molecule has 1 aromatic carbocycles. The molecule has 4 rings (SSSR count). The molecule has 3 nitrogen and oxygen atoms in total. The second-order valence-corrected chi connectivity index (χ2v) is 10.7. The van der Waals surface area contributed by atoms with E-state index in [9.17, 15) is 4.79 Å². The number of hydrogen-bond acceptors (Lipinski definition) is 5. The molecule has 2 heterocycles. The van der Waals surface area contributed by atoms with Crippen LogP contribution in [0.2, 0.25) is 5.02 Å². The van der Waals surface area contributed by atoms with E-state index in [0.717, 1.165) is 44.1 Å². The number of ketones is 1. The first-order chi connectivity index (χ1) is 12.7. The zero-order valence-electron chi connectivity index (χ0n) is 15.9. The average molecular weight is 417 g/mol. The van der Waals surface area contributed by atoms with Gasteiger partial charge in [-0.2, -0.15) is 0 Å². The maximum atomic E-state index is 12.3. The molecule has 1 aliphatic rings. The van der Waals surface area contributed by atoms with Gasteiger partial charge in [0.2, 0.25) is 0 Å². The summed E-state index contributed by atoms with van der Waals surface area (Å²) in [7, 11) is 0. The van der Waals surface area contributed by atoms with Gasteiger partial charge in [0, 0.05) is 28.2 Å². The number of benzene rings is 1. The summed E-state index contributed by atoms with van der Waals surface area (Å²) in [5.41, 5.74) is 4.27. The Morgan fingerprint density at radius 2 is 1.96 bits per heavy atom. The number of nitrogens with zero attached hydrogens (tertiary/aromatic N) is 2. The van der Waals surface area contributed by atoms with E-state index in [1.807, 2.05) is 32.9 Å². The highest BCUT2D eigenvalue weighted by Crippen LogP contribution is 2.43. The maximum absolute atomic E-state index is 12.3. The topological polar surface area (TPSA) is 42.9 Å². The Kier molecular flexibility index (Phi) is 4.73. The molecule has 0 saturated heterocycles. The SMILES string of the molecule is Cc1ccc(Cl)cc1Cc1nc2c(s1)Cc1nc(CC(=O)C(C)(C)C)sc1-2. The number of aromatic nitrogens is 2. The van der Waals surface area contributed by atoms with E-state index in [1.165, 1.54) is 16.0 Å². The van der Waals surface area contributed by atoms with Gasteiger partial charge in [0.15, 0.2) is 0 Å². The molecule has 2 aromatic heterocycles. The van der Waals surface area contributed by atoms with E-state index in [-0.39, 0.29) is 11.2 Å². The van der Waals surface area contributed by atoms with Gasteiger partial charge < -0.3 is 0 Å². The van der Waals surface area contributed by atoms with Crippen molar-refractivity contribution < 1.29 is 4.79 Å². The molecule has 0 amide bonds. The number of thiazole rings is 2. The fraction of sp³-hybridized carbons (Fsp3) is 0.381. The number of aryl methyl sites for hydroxylation is 1. The molecule has 0 radical (unpaired) electrons.